The van der Waals surface area contributed by atoms with Crippen molar-refractivity contribution in [2.24, 2.45) is 0 Å². The number of hydrogen-bond acceptors (Lipinski definition) is 5. The molecule has 0 amide bonds. The fourth-order valence-electron chi connectivity index (χ4n) is 1.96. The highest BCUT2D eigenvalue weighted by atomic mass is 16.5. The summed E-state index contributed by atoms with van der Waals surface area (Å²) >= 11 is 0. The average Bonchev–Trinajstić information content (AvgIpc) is 2.97. The fourth-order valence-corrected chi connectivity index (χ4v) is 1.96. The Morgan fingerprint density at radius 2 is 1.95 bits per heavy atom. The number of ether oxygens (including phenoxy) is 1. The molecule has 5 nitrogen and oxygen atoms in total. The normalized spacial score (nSPS) is 11.3. The number of ketones is 1. The third-order valence-corrected chi connectivity index (χ3v) is 3.19. The van der Waals surface area contributed by atoms with E-state index in [-0.39, 0.29) is 5.76 Å². The van der Waals surface area contributed by atoms with Gasteiger partial charge in [0.15, 0.2) is 5.76 Å². The minimum Gasteiger partial charge on any atom is -0.502 e. The van der Waals surface area contributed by atoms with Crippen molar-refractivity contribution in [3.63, 3.8) is 0 Å². The average molecular weight is 300 g/mol. The summed E-state index contributed by atoms with van der Waals surface area (Å²) in [6.07, 6.45) is 1.34. The smallest absolute Gasteiger partial charge is 0.373 e. The molecule has 0 radical (unpaired) electrons. The van der Waals surface area contributed by atoms with Crippen molar-refractivity contribution in [1.29, 1.82) is 0 Å². The van der Waals surface area contributed by atoms with Gasteiger partial charge in [0.25, 0.3) is 0 Å². The minimum atomic E-state index is -0.972. The quantitative estimate of drug-likeness (QED) is 0.397. The minimum absolute atomic E-state index is 0.0547. The van der Waals surface area contributed by atoms with Gasteiger partial charge in [-0.25, -0.2) is 4.79 Å². The number of rotatable bonds is 5. The van der Waals surface area contributed by atoms with Gasteiger partial charge in [-0.3, -0.25) is 4.79 Å². The Morgan fingerprint density at radius 3 is 2.64 bits per heavy atom. The highest BCUT2D eigenvalue weighted by Gasteiger charge is 2.14. The molecule has 1 N–H and O–H groups in total. The van der Waals surface area contributed by atoms with E-state index in [1.807, 2.05) is 31.2 Å². The molecule has 2 rings (SSSR count). The van der Waals surface area contributed by atoms with Gasteiger partial charge in [-0.1, -0.05) is 24.3 Å². The van der Waals surface area contributed by atoms with Crippen LogP contribution >= 0.6 is 0 Å². The molecule has 22 heavy (non-hydrogen) atoms. The number of hydrogen-bond donors (Lipinski definition) is 1. The van der Waals surface area contributed by atoms with E-state index in [1.54, 1.807) is 6.07 Å². The molecule has 1 aromatic carbocycles. The Morgan fingerprint density at radius 1 is 1.23 bits per heavy atom. The number of allylic oxidation sites excluding steroid dienone is 1. The van der Waals surface area contributed by atoms with Crippen LogP contribution in [0.4, 0.5) is 0 Å². The van der Waals surface area contributed by atoms with E-state index in [4.69, 9.17) is 4.42 Å². The lowest BCUT2D eigenvalue weighted by Crippen LogP contribution is -2.06. The molecule has 0 unspecified atom stereocenters. The van der Waals surface area contributed by atoms with Gasteiger partial charge in [0, 0.05) is 12.5 Å². The van der Waals surface area contributed by atoms with Crippen LogP contribution in [-0.2, 0) is 16.0 Å². The summed E-state index contributed by atoms with van der Waals surface area (Å²) in [7, 11) is 1.12. The van der Waals surface area contributed by atoms with Crippen molar-refractivity contribution in [2.75, 3.05) is 7.11 Å². The molecule has 0 aliphatic heterocycles. The van der Waals surface area contributed by atoms with Gasteiger partial charge < -0.3 is 14.3 Å². The zero-order chi connectivity index (χ0) is 16.1. The van der Waals surface area contributed by atoms with Crippen molar-refractivity contribution < 1.29 is 23.8 Å². The standard InChI is InChI=1S/C17H16O5/c1-11-5-3-4-6-12(11)9-13-7-8-16(22-13)14(18)10-15(19)17(20)21-2/h3-8,10,19H,9H2,1-2H3/b15-10-. The van der Waals surface area contributed by atoms with Gasteiger partial charge in [0.05, 0.1) is 7.11 Å². The molecule has 0 fully saturated rings. The summed E-state index contributed by atoms with van der Waals surface area (Å²) < 4.78 is 9.77. The number of esters is 1. The number of carbonyl (C=O) groups is 2. The van der Waals surface area contributed by atoms with E-state index in [0.29, 0.717) is 12.2 Å². The molecule has 114 valence electrons. The second-order valence-corrected chi connectivity index (χ2v) is 4.75. The van der Waals surface area contributed by atoms with Gasteiger partial charge in [0.1, 0.15) is 5.76 Å². The van der Waals surface area contributed by atoms with Crippen LogP contribution in [0.2, 0.25) is 0 Å². The molecule has 0 saturated heterocycles. The first kappa shape index (κ1) is 15.6. The topological polar surface area (TPSA) is 76.7 Å². The van der Waals surface area contributed by atoms with Crippen LogP contribution in [0.5, 0.6) is 0 Å². The molecule has 0 bridgehead atoms. The number of methoxy groups -OCH3 is 1. The first-order valence-electron chi connectivity index (χ1n) is 6.67. The third-order valence-electron chi connectivity index (χ3n) is 3.19. The van der Waals surface area contributed by atoms with E-state index < -0.39 is 17.5 Å². The SMILES string of the molecule is COC(=O)/C(O)=C/C(=O)c1ccc(Cc2ccccc2C)o1. The van der Waals surface area contributed by atoms with Crippen molar-refractivity contribution in [3.8, 4) is 0 Å². The highest BCUT2D eigenvalue weighted by molar-refractivity contribution is 6.06. The van der Waals surface area contributed by atoms with Gasteiger partial charge in [-0.05, 0) is 30.2 Å². The molecule has 0 aliphatic rings. The van der Waals surface area contributed by atoms with E-state index in [0.717, 1.165) is 24.3 Å². The summed E-state index contributed by atoms with van der Waals surface area (Å²) in [5, 5.41) is 9.35. The number of benzene rings is 1. The Bertz CT molecular complexity index is 724. The molecular weight excluding hydrogens is 284 g/mol. The Hall–Kier alpha value is -2.82. The Kier molecular flexibility index (Phi) is 4.78. The summed E-state index contributed by atoms with van der Waals surface area (Å²) in [6.45, 7) is 2.00. The first-order valence-corrected chi connectivity index (χ1v) is 6.67. The zero-order valence-electron chi connectivity index (χ0n) is 12.3. The maximum Gasteiger partial charge on any atom is 0.373 e. The maximum atomic E-state index is 11.9. The lowest BCUT2D eigenvalue weighted by atomic mass is 10.1. The largest absolute Gasteiger partial charge is 0.502 e. The second-order valence-electron chi connectivity index (χ2n) is 4.75. The van der Waals surface area contributed by atoms with Crippen LogP contribution in [0.3, 0.4) is 0 Å². The van der Waals surface area contributed by atoms with E-state index in [9.17, 15) is 14.7 Å². The molecule has 0 saturated carbocycles. The maximum absolute atomic E-state index is 11.9. The molecule has 0 spiro atoms. The molecule has 5 heteroatoms. The predicted molar refractivity (Wildman–Crippen MR) is 79.8 cm³/mol. The molecule has 1 aromatic heterocycles. The molecule has 1 heterocycles. The Balaban J connectivity index is 2.13. The number of furan rings is 1. The number of carbonyl (C=O) groups excluding carboxylic acids is 2. The van der Waals surface area contributed by atoms with Crippen molar-refractivity contribution >= 4 is 11.8 Å². The molecule has 2 aromatic rings. The molecular formula is C17H16O5. The number of aliphatic hydroxyl groups excluding tert-OH is 1. The van der Waals surface area contributed by atoms with Crippen LogP contribution in [-0.4, -0.2) is 24.0 Å². The first-order chi connectivity index (χ1) is 10.5. The van der Waals surface area contributed by atoms with Gasteiger partial charge >= 0.3 is 5.97 Å². The van der Waals surface area contributed by atoms with Crippen LogP contribution in [0.15, 0.2) is 52.7 Å². The fraction of sp³-hybridized carbons (Fsp3) is 0.176. The summed E-state index contributed by atoms with van der Waals surface area (Å²) in [4.78, 5) is 22.9. The van der Waals surface area contributed by atoms with Crippen molar-refractivity contribution in [3.05, 3.63) is 70.9 Å². The van der Waals surface area contributed by atoms with Crippen LogP contribution in [0.1, 0.15) is 27.4 Å². The van der Waals surface area contributed by atoms with E-state index in [1.165, 1.54) is 6.07 Å². The van der Waals surface area contributed by atoms with Crippen LogP contribution in [0, 0.1) is 6.92 Å². The van der Waals surface area contributed by atoms with Crippen LogP contribution < -0.4 is 0 Å². The Labute approximate surface area is 127 Å². The lowest BCUT2D eigenvalue weighted by Gasteiger charge is -2.02. The summed E-state index contributed by atoms with van der Waals surface area (Å²) in [6, 6.07) is 11.1. The predicted octanol–water partition coefficient (Wildman–Crippen LogP) is 2.98. The lowest BCUT2D eigenvalue weighted by molar-refractivity contribution is -0.139. The third kappa shape index (κ3) is 3.63. The summed E-state index contributed by atoms with van der Waals surface area (Å²) in [5.74, 6) is -1.65. The monoisotopic (exact) mass is 300 g/mol. The number of aryl methyl sites for hydroxylation is 1. The van der Waals surface area contributed by atoms with Crippen LogP contribution in [0.25, 0.3) is 0 Å². The zero-order valence-corrected chi connectivity index (χ0v) is 12.3. The molecule has 0 aliphatic carbocycles. The van der Waals surface area contributed by atoms with Gasteiger partial charge in [-0.15, -0.1) is 0 Å². The highest BCUT2D eigenvalue weighted by Crippen LogP contribution is 2.17. The van der Waals surface area contributed by atoms with Crippen molar-refractivity contribution in [2.45, 2.75) is 13.3 Å². The van der Waals surface area contributed by atoms with Crippen molar-refractivity contribution in [1.82, 2.24) is 0 Å². The number of aliphatic hydroxyl groups is 1. The van der Waals surface area contributed by atoms with Gasteiger partial charge in [0.2, 0.25) is 11.5 Å². The van der Waals surface area contributed by atoms with E-state index in [2.05, 4.69) is 4.74 Å². The molecule has 0 atom stereocenters. The second kappa shape index (κ2) is 6.76. The van der Waals surface area contributed by atoms with E-state index >= 15 is 0 Å². The summed E-state index contributed by atoms with van der Waals surface area (Å²) in [5.41, 5.74) is 2.24. The van der Waals surface area contributed by atoms with Gasteiger partial charge in [-0.2, -0.15) is 0 Å².